The molecule has 0 spiro atoms. The van der Waals surface area contributed by atoms with Gasteiger partial charge >= 0.3 is 6.02 Å². The molecule has 0 atom stereocenters. The second-order valence-corrected chi connectivity index (χ2v) is 0.733. The Morgan fingerprint density at radius 2 is 2.60 bits per heavy atom. The molecular formula is C2H4N2O. The Balaban J connectivity index is 2.22. The Morgan fingerprint density at radius 3 is 2.60 bits per heavy atom. The molecule has 1 rings (SSSR count). The molecule has 0 saturated heterocycles. The molecule has 0 bridgehead atoms. The molecule has 0 unspecified atom stereocenters. The zero-order chi connectivity index (χ0) is 3.70. The highest BCUT2D eigenvalue weighted by Crippen LogP contribution is 1.82. The number of hydrogen-bond acceptors (Lipinski definition) is 3. The molecule has 0 saturated carbocycles. The van der Waals surface area contributed by atoms with Gasteiger partial charge in [-0.05, 0) is 0 Å². The Labute approximate surface area is 29.6 Å². The molecule has 0 aliphatic carbocycles. The van der Waals surface area contributed by atoms with E-state index in [0.29, 0.717) is 6.02 Å². The summed E-state index contributed by atoms with van der Waals surface area (Å²) in [6.45, 7) is 0. The Bertz CT molecular complexity index is 68.0. The van der Waals surface area contributed by atoms with E-state index in [1.54, 1.807) is 7.11 Å². The summed E-state index contributed by atoms with van der Waals surface area (Å²) in [5.74, 6) is 0. The van der Waals surface area contributed by atoms with Gasteiger partial charge in [0.1, 0.15) is 0 Å². The predicted octanol–water partition coefficient (Wildman–Crippen LogP) is -0.493. The summed E-state index contributed by atoms with van der Waals surface area (Å²) in [5, 5.41) is 3.47. The van der Waals surface area contributed by atoms with Crippen molar-refractivity contribution in [2.24, 2.45) is 5.10 Å². The second-order valence-electron chi connectivity index (χ2n) is 0.733. The van der Waals surface area contributed by atoms with Crippen molar-refractivity contribution in [2.45, 2.75) is 0 Å². The standard InChI is InChI=1S/C2H4N2O/c1-5-2-3-4-2/h1H3,(H,3,4). The maximum atomic E-state index is 4.50. The minimum Gasteiger partial charge on any atom is -0.466 e. The van der Waals surface area contributed by atoms with Crippen LogP contribution in [0.4, 0.5) is 0 Å². The third-order valence-corrected chi connectivity index (χ3v) is 0.396. The van der Waals surface area contributed by atoms with Crippen molar-refractivity contribution in [3.63, 3.8) is 0 Å². The summed E-state index contributed by atoms with van der Waals surface area (Å²) < 4.78 is 4.50. The fourth-order valence-electron chi connectivity index (χ4n) is 0.114. The summed E-state index contributed by atoms with van der Waals surface area (Å²) in [7, 11) is 1.57. The number of amidine groups is 1. The molecule has 1 aliphatic rings. The smallest absolute Gasteiger partial charge is 0.327 e. The number of nitrogens with one attached hydrogen (secondary N) is 1. The average molecular weight is 72.1 g/mol. The number of nitrogens with zero attached hydrogens (tertiary/aromatic N) is 1. The highest BCUT2D eigenvalue weighted by atomic mass is 16.5. The number of hydrogen-bond donors (Lipinski definition) is 1. The topological polar surface area (TPSA) is 43.5 Å². The summed E-state index contributed by atoms with van der Waals surface area (Å²) in [6, 6.07) is 0.630. The molecule has 0 radical (unpaired) electrons. The minimum atomic E-state index is 0.630. The average Bonchev–Trinajstić information content (AvgIpc) is 2.12. The highest BCUT2D eigenvalue weighted by molar-refractivity contribution is 5.82. The van der Waals surface area contributed by atoms with Crippen LogP contribution >= 0.6 is 0 Å². The summed E-state index contributed by atoms with van der Waals surface area (Å²) >= 11 is 0. The molecule has 1 heterocycles. The van der Waals surface area contributed by atoms with Gasteiger partial charge in [-0.25, -0.2) is 5.43 Å². The first-order valence-electron chi connectivity index (χ1n) is 1.31. The van der Waals surface area contributed by atoms with Crippen LogP contribution < -0.4 is 5.43 Å². The van der Waals surface area contributed by atoms with Crippen LogP contribution in [0, 0.1) is 0 Å². The van der Waals surface area contributed by atoms with E-state index >= 15 is 0 Å². The van der Waals surface area contributed by atoms with Gasteiger partial charge in [0.25, 0.3) is 0 Å². The molecule has 1 N–H and O–H groups in total. The van der Waals surface area contributed by atoms with Crippen molar-refractivity contribution in [1.82, 2.24) is 5.43 Å². The van der Waals surface area contributed by atoms with Crippen molar-refractivity contribution < 1.29 is 4.74 Å². The van der Waals surface area contributed by atoms with Gasteiger partial charge in [-0.3, -0.25) is 0 Å². The van der Waals surface area contributed by atoms with Gasteiger partial charge in [-0.1, -0.05) is 0 Å². The van der Waals surface area contributed by atoms with E-state index in [4.69, 9.17) is 0 Å². The van der Waals surface area contributed by atoms with E-state index in [-0.39, 0.29) is 0 Å². The highest BCUT2D eigenvalue weighted by Gasteiger charge is 2.04. The first kappa shape index (κ1) is 2.50. The Morgan fingerprint density at radius 1 is 2.00 bits per heavy atom. The van der Waals surface area contributed by atoms with Crippen LogP contribution in [0.3, 0.4) is 0 Å². The lowest BCUT2D eigenvalue weighted by Crippen LogP contribution is -1.91. The van der Waals surface area contributed by atoms with Gasteiger partial charge in [0.15, 0.2) is 0 Å². The largest absolute Gasteiger partial charge is 0.466 e. The van der Waals surface area contributed by atoms with Crippen molar-refractivity contribution in [3.05, 3.63) is 0 Å². The van der Waals surface area contributed by atoms with Crippen LogP contribution in [0.2, 0.25) is 0 Å². The van der Waals surface area contributed by atoms with Crippen LogP contribution in [0.5, 0.6) is 0 Å². The van der Waals surface area contributed by atoms with Crippen LogP contribution in [0.1, 0.15) is 0 Å². The summed E-state index contributed by atoms with van der Waals surface area (Å²) in [4.78, 5) is 0. The van der Waals surface area contributed by atoms with E-state index in [0.717, 1.165) is 0 Å². The number of methoxy groups -OCH3 is 1. The lowest BCUT2D eigenvalue weighted by Gasteiger charge is -1.73. The van der Waals surface area contributed by atoms with E-state index in [9.17, 15) is 0 Å². The third-order valence-electron chi connectivity index (χ3n) is 0.396. The van der Waals surface area contributed by atoms with Gasteiger partial charge in [0, 0.05) is 0 Å². The van der Waals surface area contributed by atoms with Gasteiger partial charge in [0.05, 0.1) is 7.11 Å². The van der Waals surface area contributed by atoms with E-state index in [2.05, 4.69) is 15.3 Å². The lowest BCUT2D eigenvalue weighted by molar-refractivity contribution is 0.410. The predicted molar refractivity (Wildman–Crippen MR) is 17.6 cm³/mol. The molecule has 5 heavy (non-hydrogen) atoms. The van der Waals surface area contributed by atoms with Crippen LogP contribution in [-0.2, 0) is 4.74 Å². The Kier molecular flexibility index (Phi) is 0.304. The first-order chi connectivity index (χ1) is 2.43. The molecule has 0 fully saturated rings. The van der Waals surface area contributed by atoms with Crippen LogP contribution in [-0.4, -0.2) is 13.1 Å². The molecule has 0 aromatic heterocycles. The van der Waals surface area contributed by atoms with Crippen molar-refractivity contribution >= 4 is 6.02 Å². The zero-order valence-electron chi connectivity index (χ0n) is 2.86. The molecule has 28 valence electrons. The number of ether oxygens (including phenoxy) is 1. The van der Waals surface area contributed by atoms with Crippen LogP contribution in [0.25, 0.3) is 0 Å². The summed E-state index contributed by atoms with van der Waals surface area (Å²) in [6.07, 6.45) is 0. The van der Waals surface area contributed by atoms with E-state index < -0.39 is 0 Å². The van der Waals surface area contributed by atoms with Crippen molar-refractivity contribution in [3.8, 4) is 0 Å². The number of hydrazone groups is 1. The minimum absolute atomic E-state index is 0.630. The molecule has 1 aliphatic heterocycles. The van der Waals surface area contributed by atoms with Gasteiger partial charge in [-0.15, -0.1) is 5.10 Å². The molecule has 0 aromatic rings. The zero-order valence-corrected chi connectivity index (χ0v) is 2.86. The Hall–Kier alpha value is -0.730. The SMILES string of the molecule is COC1=NN1. The van der Waals surface area contributed by atoms with Crippen molar-refractivity contribution in [1.29, 1.82) is 0 Å². The summed E-state index contributed by atoms with van der Waals surface area (Å²) in [5.41, 5.74) is 2.50. The molecule has 0 amide bonds. The van der Waals surface area contributed by atoms with Gasteiger partial charge < -0.3 is 4.74 Å². The van der Waals surface area contributed by atoms with Crippen LogP contribution in [0.15, 0.2) is 5.10 Å². The fraction of sp³-hybridized carbons (Fsp3) is 0.500. The number of rotatable bonds is 0. The normalized spacial score (nSPS) is 15.8. The van der Waals surface area contributed by atoms with E-state index in [1.165, 1.54) is 0 Å². The monoisotopic (exact) mass is 72.0 g/mol. The fourth-order valence-corrected chi connectivity index (χ4v) is 0.114. The second kappa shape index (κ2) is 0.607. The van der Waals surface area contributed by atoms with Gasteiger partial charge in [-0.2, -0.15) is 0 Å². The lowest BCUT2D eigenvalue weighted by atomic mass is 11.3. The quantitative estimate of drug-likeness (QED) is 0.419. The maximum Gasteiger partial charge on any atom is 0.327 e. The molecular weight excluding hydrogens is 68.0 g/mol. The van der Waals surface area contributed by atoms with E-state index in [1.807, 2.05) is 0 Å². The van der Waals surface area contributed by atoms with Gasteiger partial charge in [0.2, 0.25) is 0 Å². The molecule has 0 aromatic carbocycles. The molecule has 3 heteroatoms. The third kappa shape index (κ3) is 0.289. The maximum absolute atomic E-state index is 4.50. The van der Waals surface area contributed by atoms with Crippen molar-refractivity contribution in [2.75, 3.05) is 7.11 Å². The first-order valence-corrected chi connectivity index (χ1v) is 1.31. The molecule has 3 nitrogen and oxygen atoms in total.